The van der Waals surface area contributed by atoms with E-state index in [0.29, 0.717) is 12.2 Å². The molecule has 12 nitrogen and oxygen atoms in total. The van der Waals surface area contributed by atoms with Gasteiger partial charge in [-0.1, -0.05) is 38.6 Å². The number of ether oxygens (including phenoxy) is 5. The second-order valence-corrected chi connectivity index (χ2v) is 14.2. The van der Waals surface area contributed by atoms with Gasteiger partial charge in [-0.25, -0.2) is 9.59 Å². The fourth-order valence-electron chi connectivity index (χ4n) is 4.37. The zero-order valence-electron chi connectivity index (χ0n) is 29.7. The van der Waals surface area contributed by atoms with Crippen LogP contribution in [-0.4, -0.2) is 57.9 Å². The van der Waals surface area contributed by atoms with Crippen LogP contribution in [0, 0.1) is 0 Å². The van der Waals surface area contributed by atoms with Crippen molar-refractivity contribution in [3.05, 3.63) is 59.7 Å². The number of hydrogen-bond acceptors (Lipinski definition) is 10. The predicted molar refractivity (Wildman–Crippen MR) is 190 cm³/mol. The Bertz CT molecular complexity index is 1270. The minimum absolute atomic E-state index is 0. The number of carbonyl (C=O) groups is 4. The minimum atomic E-state index is -1.06. The summed E-state index contributed by atoms with van der Waals surface area (Å²) in [6.45, 7) is 11.9. The van der Waals surface area contributed by atoms with Crippen molar-refractivity contribution in [2.45, 2.75) is 143 Å². The number of hydrogen-bond donors (Lipinski definition) is 3. The monoisotopic (exact) mass is 703 g/mol. The summed E-state index contributed by atoms with van der Waals surface area (Å²) < 4.78 is 25.3. The Balaban J connectivity index is 0.000000373. The van der Waals surface area contributed by atoms with Crippen molar-refractivity contribution in [3.63, 3.8) is 0 Å². The average Bonchev–Trinajstić information content (AvgIpc) is 2.91. The summed E-state index contributed by atoms with van der Waals surface area (Å²) in [7, 11) is 0. The lowest BCUT2D eigenvalue weighted by molar-refractivity contribution is -0.138. The maximum absolute atomic E-state index is 11.0. The molecule has 0 heterocycles. The molecular weight excluding hydrogens is 646 g/mol. The van der Waals surface area contributed by atoms with Crippen molar-refractivity contribution in [1.82, 2.24) is 0 Å². The Morgan fingerprint density at radius 3 is 1.48 bits per heavy atom. The van der Waals surface area contributed by atoms with Crippen LogP contribution in [-0.2, 0) is 23.8 Å². The maximum atomic E-state index is 11.0. The van der Waals surface area contributed by atoms with Gasteiger partial charge in [-0.05, 0) is 121 Å². The van der Waals surface area contributed by atoms with Crippen molar-refractivity contribution >= 4 is 24.2 Å². The second-order valence-electron chi connectivity index (χ2n) is 14.2. The van der Waals surface area contributed by atoms with Crippen molar-refractivity contribution in [2.75, 3.05) is 0 Å². The third-order valence-corrected chi connectivity index (χ3v) is 7.24. The number of rotatable bonds is 10. The molecule has 4 rings (SSSR count). The van der Waals surface area contributed by atoms with Gasteiger partial charge in [0.15, 0.2) is 0 Å². The molecule has 0 bridgehead atoms. The third-order valence-electron chi connectivity index (χ3n) is 7.24. The SMILES string of the molecule is C.CC(C)(C)OC(=O)OC(=O)OC(C)(C)C.CC(CC(=O)O)c1cccc(OC2CCC2)c1.NC(CC(=O)O)c1cccc(OC2CCC2)c1. The van der Waals surface area contributed by atoms with Gasteiger partial charge >= 0.3 is 24.2 Å². The van der Waals surface area contributed by atoms with Gasteiger partial charge in [0, 0.05) is 6.04 Å². The van der Waals surface area contributed by atoms with E-state index in [-0.39, 0.29) is 26.2 Å². The van der Waals surface area contributed by atoms with E-state index in [1.165, 1.54) is 12.8 Å². The summed E-state index contributed by atoms with van der Waals surface area (Å²) in [6, 6.07) is 14.7. The molecular formula is C38H57NO11. The Labute approximate surface area is 296 Å². The van der Waals surface area contributed by atoms with E-state index in [2.05, 4.69) is 4.74 Å². The lowest BCUT2D eigenvalue weighted by Gasteiger charge is -2.26. The highest BCUT2D eigenvalue weighted by Crippen LogP contribution is 2.29. The molecule has 2 fully saturated rings. The highest BCUT2D eigenvalue weighted by molar-refractivity contribution is 5.77. The van der Waals surface area contributed by atoms with Crippen molar-refractivity contribution in [2.24, 2.45) is 5.73 Å². The van der Waals surface area contributed by atoms with Crippen LogP contribution < -0.4 is 15.2 Å². The predicted octanol–water partition coefficient (Wildman–Crippen LogP) is 8.80. The molecule has 50 heavy (non-hydrogen) atoms. The highest BCUT2D eigenvalue weighted by Gasteiger charge is 2.25. The number of carboxylic acid groups (broad SMARTS) is 2. The van der Waals surface area contributed by atoms with Gasteiger partial charge in [0.2, 0.25) is 0 Å². The van der Waals surface area contributed by atoms with E-state index in [0.717, 1.165) is 48.3 Å². The van der Waals surface area contributed by atoms with Crippen LogP contribution in [0.5, 0.6) is 11.5 Å². The number of nitrogens with two attached hydrogens (primary N) is 1. The third kappa shape index (κ3) is 18.4. The molecule has 280 valence electrons. The first-order valence-electron chi connectivity index (χ1n) is 16.7. The van der Waals surface area contributed by atoms with Gasteiger partial charge in [-0.15, -0.1) is 0 Å². The van der Waals surface area contributed by atoms with Gasteiger partial charge in [-0.3, -0.25) is 9.59 Å². The van der Waals surface area contributed by atoms with Gasteiger partial charge in [0.05, 0.1) is 25.0 Å². The van der Waals surface area contributed by atoms with Crippen LogP contribution in [0.3, 0.4) is 0 Å². The fourth-order valence-corrected chi connectivity index (χ4v) is 4.37. The standard InChI is InChI=1S/C14H18O3.C13H17NO3.C10H18O5.CH4/c1-10(8-14(15)16)11-4-2-7-13(9-11)17-12-5-3-6-12;14-12(8-13(15)16)9-3-1-6-11(7-9)17-10-4-2-5-10;1-9(2,3)14-7(11)13-8(12)15-10(4,5)6;/h2,4,7,9-10,12H,3,5-6,8H2,1H3,(H,15,16);1,3,6-7,10,12H,2,4-5,8,14H2,(H,15,16);1-6H3;1H4. The molecule has 0 spiro atoms. The normalized spacial score (nSPS) is 15.3. The molecule has 2 aliphatic rings. The first-order chi connectivity index (χ1) is 22.8. The lowest BCUT2D eigenvalue weighted by Crippen LogP contribution is -2.29. The molecule has 2 atom stereocenters. The molecule has 4 N–H and O–H groups in total. The van der Waals surface area contributed by atoms with Crippen molar-refractivity contribution < 1.29 is 53.1 Å². The first-order valence-corrected chi connectivity index (χ1v) is 16.7. The quantitative estimate of drug-likeness (QED) is 0.158. The fraction of sp³-hybridized carbons (Fsp3) is 0.579. The van der Waals surface area contributed by atoms with E-state index in [1.807, 2.05) is 55.5 Å². The van der Waals surface area contributed by atoms with E-state index >= 15 is 0 Å². The molecule has 2 unspecified atom stereocenters. The Morgan fingerprint density at radius 2 is 1.12 bits per heavy atom. The molecule has 0 amide bonds. The van der Waals surface area contributed by atoms with Crippen LogP contribution >= 0.6 is 0 Å². The summed E-state index contributed by atoms with van der Waals surface area (Å²) in [4.78, 5) is 43.3. The van der Waals surface area contributed by atoms with Gasteiger partial charge in [-0.2, -0.15) is 0 Å². The molecule has 2 aliphatic carbocycles. The van der Waals surface area contributed by atoms with Crippen LogP contribution in [0.2, 0.25) is 0 Å². The van der Waals surface area contributed by atoms with E-state index < -0.39 is 41.5 Å². The van der Waals surface area contributed by atoms with Crippen LogP contribution in [0.25, 0.3) is 0 Å². The number of aliphatic carboxylic acids is 2. The Kier molecular flexibility index (Phi) is 17.8. The number of carbonyl (C=O) groups excluding carboxylic acids is 2. The number of carboxylic acids is 2. The van der Waals surface area contributed by atoms with Crippen LogP contribution in [0.4, 0.5) is 9.59 Å². The number of benzene rings is 2. The lowest BCUT2D eigenvalue weighted by atomic mass is 9.95. The van der Waals surface area contributed by atoms with Gasteiger partial charge < -0.3 is 39.6 Å². The van der Waals surface area contributed by atoms with Crippen LogP contribution in [0.15, 0.2) is 48.5 Å². The first kappa shape index (κ1) is 43.7. The molecule has 2 saturated carbocycles. The molecule has 0 aliphatic heterocycles. The molecule has 2 aromatic carbocycles. The molecule has 12 heteroatoms. The molecule has 0 radical (unpaired) electrons. The Hall–Kier alpha value is -4.32. The van der Waals surface area contributed by atoms with Gasteiger partial charge in [0.1, 0.15) is 22.7 Å². The van der Waals surface area contributed by atoms with E-state index in [9.17, 15) is 19.2 Å². The molecule has 2 aromatic rings. The smallest absolute Gasteiger partial charge is 0.490 e. The summed E-state index contributed by atoms with van der Waals surface area (Å²) in [5.74, 6) is 0.0283. The summed E-state index contributed by atoms with van der Waals surface area (Å²) >= 11 is 0. The summed E-state index contributed by atoms with van der Waals surface area (Å²) in [5, 5.41) is 17.5. The maximum Gasteiger partial charge on any atom is 0.519 e. The molecule has 0 saturated heterocycles. The largest absolute Gasteiger partial charge is 0.519 e. The molecule has 0 aromatic heterocycles. The van der Waals surface area contributed by atoms with Crippen LogP contribution in [0.1, 0.15) is 130 Å². The van der Waals surface area contributed by atoms with E-state index in [4.69, 9.17) is 34.9 Å². The van der Waals surface area contributed by atoms with E-state index in [1.54, 1.807) is 41.5 Å². The van der Waals surface area contributed by atoms with Gasteiger partial charge in [0.25, 0.3) is 0 Å². The average molecular weight is 704 g/mol. The zero-order valence-corrected chi connectivity index (χ0v) is 29.7. The second kappa shape index (κ2) is 20.4. The zero-order chi connectivity index (χ0) is 36.8. The van der Waals surface area contributed by atoms with Crippen molar-refractivity contribution in [3.8, 4) is 11.5 Å². The van der Waals surface area contributed by atoms with Crippen molar-refractivity contribution in [1.29, 1.82) is 0 Å². The topological polar surface area (TPSA) is 181 Å². The highest BCUT2D eigenvalue weighted by atomic mass is 16.8. The summed E-state index contributed by atoms with van der Waals surface area (Å²) in [6.07, 6.45) is 5.61. The summed E-state index contributed by atoms with van der Waals surface area (Å²) in [5.41, 5.74) is 6.26. The Morgan fingerprint density at radius 1 is 0.720 bits per heavy atom. The minimum Gasteiger partial charge on any atom is -0.490 e.